The van der Waals surface area contributed by atoms with E-state index in [2.05, 4.69) is 5.32 Å². The molecule has 20 heavy (non-hydrogen) atoms. The summed E-state index contributed by atoms with van der Waals surface area (Å²) < 4.78 is 0. The zero-order chi connectivity index (χ0) is 15.3. The first-order chi connectivity index (χ1) is 9.20. The number of carboxylic acids is 2. The molecule has 0 aliphatic carbocycles. The minimum Gasteiger partial charge on any atom is -0.480 e. The van der Waals surface area contributed by atoms with Crippen molar-refractivity contribution in [3.63, 3.8) is 0 Å². The summed E-state index contributed by atoms with van der Waals surface area (Å²) in [7, 11) is 0. The third-order valence-corrected chi connectivity index (χ3v) is 2.86. The van der Waals surface area contributed by atoms with E-state index in [1.165, 1.54) is 0 Å². The van der Waals surface area contributed by atoms with Gasteiger partial charge in [0.1, 0.15) is 12.1 Å². The van der Waals surface area contributed by atoms with E-state index in [1.54, 1.807) is 30.3 Å². The van der Waals surface area contributed by atoms with Crippen LogP contribution < -0.4 is 5.32 Å². The summed E-state index contributed by atoms with van der Waals surface area (Å²) in [5.41, 5.74) is 0.329. The van der Waals surface area contributed by atoms with Gasteiger partial charge in [0, 0.05) is 0 Å². The molecule has 0 aromatic heterocycles. The Bertz CT molecular complexity index is 465. The summed E-state index contributed by atoms with van der Waals surface area (Å²) in [6.07, 6.45) is 0.346. The van der Waals surface area contributed by atoms with Crippen LogP contribution in [0.1, 0.15) is 38.8 Å². The quantitative estimate of drug-likeness (QED) is 0.743. The summed E-state index contributed by atoms with van der Waals surface area (Å²) in [6, 6.07) is 6.64. The highest BCUT2D eigenvalue weighted by Gasteiger charge is 2.30. The van der Waals surface area contributed by atoms with Crippen molar-refractivity contribution in [2.75, 3.05) is 0 Å². The first-order valence-corrected chi connectivity index (χ1v) is 6.47. The number of aliphatic carboxylic acids is 2. The van der Waals surface area contributed by atoms with E-state index in [-0.39, 0.29) is 5.41 Å². The highest BCUT2D eigenvalue weighted by molar-refractivity contribution is 5.78. The molecule has 5 heteroatoms. The van der Waals surface area contributed by atoms with Crippen LogP contribution in [0.15, 0.2) is 30.3 Å². The van der Waals surface area contributed by atoms with Crippen LogP contribution in [-0.4, -0.2) is 28.2 Å². The number of carbonyl (C=O) groups is 2. The normalized spacial score (nSPS) is 14.6. The molecule has 0 heterocycles. The molecule has 0 saturated heterocycles. The maximum Gasteiger partial charge on any atom is 0.325 e. The SMILES string of the molecule is CC(C)(C)C[C@H](N[C@@H](C(=O)O)c1ccccc1)C(=O)O. The lowest BCUT2D eigenvalue weighted by molar-refractivity contribution is -0.143. The van der Waals surface area contributed by atoms with Crippen molar-refractivity contribution >= 4 is 11.9 Å². The summed E-state index contributed by atoms with van der Waals surface area (Å²) in [5.74, 6) is -2.13. The fraction of sp³-hybridized carbons (Fsp3) is 0.467. The van der Waals surface area contributed by atoms with Gasteiger partial charge in [-0.3, -0.25) is 14.9 Å². The number of rotatable bonds is 6. The van der Waals surface area contributed by atoms with Crippen LogP contribution in [-0.2, 0) is 9.59 Å². The number of hydrogen-bond acceptors (Lipinski definition) is 3. The Hall–Kier alpha value is -1.88. The van der Waals surface area contributed by atoms with Gasteiger partial charge in [0.25, 0.3) is 0 Å². The highest BCUT2D eigenvalue weighted by atomic mass is 16.4. The zero-order valence-electron chi connectivity index (χ0n) is 12.0. The maximum atomic E-state index is 11.4. The van der Waals surface area contributed by atoms with Gasteiger partial charge in [0.2, 0.25) is 0 Å². The summed E-state index contributed by atoms with van der Waals surface area (Å²) >= 11 is 0. The van der Waals surface area contributed by atoms with Crippen molar-refractivity contribution in [2.24, 2.45) is 5.41 Å². The minimum absolute atomic E-state index is 0.213. The van der Waals surface area contributed by atoms with Crippen molar-refractivity contribution in [1.82, 2.24) is 5.32 Å². The van der Waals surface area contributed by atoms with E-state index < -0.39 is 24.0 Å². The molecular weight excluding hydrogens is 258 g/mol. The summed E-state index contributed by atoms with van der Waals surface area (Å²) in [4.78, 5) is 22.7. The molecule has 1 rings (SSSR count). The largest absolute Gasteiger partial charge is 0.480 e. The van der Waals surface area contributed by atoms with Crippen LogP contribution in [0.5, 0.6) is 0 Å². The molecule has 0 fully saturated rings. The molecule has 0 amide bonds. The van der Waals surface area contributed by atoms with Gasteiger partial charge in [-0.05, 0) is 17.4 Å². The van der Waals surface area contributed by atoms with Crippen LogP contribution in [0, 0.1) is 5.41 Å². The molecule has 0 spiro atoms. The van der Waals surface area contributed by atoms with E-state index in [0.717, 1.165) is 0 Å². The van der Waals surface area contributed by atoms with Gasteiger partial charge in [0.15, 0.2) is 0 Å². The highest BCUT2D eigenvalue weighted by Crippen LogP contribution is 2.23. The van der Waals surface area contributed by atoms with Crippen LogP contribution in [0.25, 0.3) is 0 Å². The Kier molecular flexibility index (Phi) is 5.27. The second-order valence-corrected chi connectivity index (χ2v) is 6.00. The molecule has 110 valence electrons. The Morgan fingerprint density at radius 2 is 1.65 bits per heavy atom. The van der Waals surface area contributed by atoms with Crippen molar-refractivity contribution in [3.05, 3.63) is 35.9 Å². The molecule has 2 atom stereocenters. The average Bonchev–Trinajstić information content (AvgIpc) is 2.33. The Morgan fingerprint density at radius 1 is 1.10 bits per heavy atom. The van der Waals surface area contributed by atoms with Crippen LogP contribution in [0.3, 0.4) is 0 Å². The predicted molar refractivity (Wildman–Crippen MR) is 75.5 cm³/mol. The van der Waals surface area contributed by atoms with Crippen molar-refractivity contribution in [3.8, 4) is 0 Å². The zero-order valence-corrected chi connectivity index (χ0v) is 12.0. The van der Waals surface area contributed by atoms with Crippen molar-refractivity contribution in [2.45, 2.75) is 39.3 Å². The molecule has 0 bridgehead atoms. The third kappa shape index (κ3) is 5.01. The van der Waals surface area contributed by atoms with E-state index in [0.29, 0.717) is 12.0 Å². The molecule has 1 aromatic carbocycles. The van der Waals surface area contributed by atoms with E-state index in [9.17, 15) is 19.8 Å². The monoisotopic (exact) mass is 279 g/mol. The van der Waals surface area contributed by atoms with Gasteiger partial charge in [-0.15, -0.1) is 0 Å². The molecule has 3 N–H and O–H groups in total. The topological polar surface area (TPSA) is 86.6 Å². The third-order valence-electron chi connectivity index (χ3n) is 2.86. The second kappa shape index (κ2) is 6.52. The molecular formula is C15H21NO4. The number of benzene rings is 1. The van der Waals surface area contributed by atoms with Gasteiger partial charge < -0.3 is 10.2 Å². The van der Waals surface area contributed by atoms with Gasteiger partial charge >= 0.3 is 11.9 Å². The predicted octanol–water partition coefficient (Wildman–Crippen LogP) is 2.29. The second-order valence-electron chi connectivity index (χ2n) is 6.00. The molecule has 0 aliphatic rings. The molecule has 0 unspecified atom stereocenters. The van der Waals surface area contributed by atoms with Crippen molar-refractivity contribution in [1.29, 1.82) is 0 Å². The van der Waals surface area contributed by atoms with Gasteiger partial charge in [-0.1, -0.05) is 51.1 Å². The molecule has 0 saturated carbocycles. The number of hydrogen-bond donors (Lipinski definition) is 3. The van der Waals surface area contributed by atoms with E-state index >= 15 is 0 Å². The molecule has 0 aliphatic heterocycles. The molecule has 1 aromatic rings. The maximum absolute atomic E-state index is 11.4. The van der Waals surface area contributed by atoms with Gasteiger partial charge in [0.05, 0.1) is 0 Å². The minimum atomic E-state index is -1.09. The fourth-order valence-electron chi connectivity index (χ4n) is 1.99. The lowest BCUT2D eigenvalue weighted by Gasteiger charge is -2.26. The van der Waals surface area contributed by atoms with Crippen LogP contribution in [0.4, 0.5) is 0 Å². The van der Waals surface area contributed by atoms with Crippen LogP contribution in [0.2, 0.25) is 0 Å². The molecule has 5 nitrogen and oxygen atoms in total. The molecule has 0 radical (unpaired) electrons. The average molecular weight is 279 g/mol. The Balaban J connectivity index is 2.93. The van der Waals surface area contributed by atoms with E-state index in [1.807, 2.05) is 20.8 Å². The first-order valence-electron chi connectivity index (χ1n) is 6.47. The Morgan fingerprint density at radius 3 is 2.05 bits per heavy atom. The summed E-state index contributed by atoms with van der Waals surface area (Å²) in [6.45, 7) is 5.76. The lowest BCUT2D eigenvalue weighted by atomic mass is 9.87. The van der Waals surface area contributed by atoms with E-state index in [4.69, 9.17) is 0 Å². The number of carboxylic acid groups (broad SMARTS) is 2. The van der Waals surface area contributed by atoms with Crippen molar-refractivity contribution < 1.29 is 19.8 Å². The van der Waals surface area contributed by atoms with Gasteiger partial charge in [-0.2, -0.15) is 0 Å². The standard InChI is InChI=1S/C15H21NO4/c1-15(2,3)9-11(13(17)18)16-12(14(19)20)10-7-5-4-6-8-10/h4-8,11-12,16H,9H2,1-3H3,(H,17,18)(H,19,20)/t11-,12+/m0/s1. The van der Waals surface area contributed by atoms with Gasteiger partial charge in [-0.25, -0.2) is 0 Å². The Labute approximate surface area is 118 Å². The summed E-state index contributed by atoms with van der Waals surface area (Å²) in [5, 5.41) is 21.3. The first kappa shape index (κ1) is 16.2. The fourth-order valence-corrected chi connectivity index (χ4v) is 1.99. The number of nitrogens with one attached hydrogen (secondary N) is 1. The van der Waals surface area contributed by atoms with Crippen LogP contribution >= 0.6 is 0 Å². The lowest BCUT2D eigenvalue weighted by Crippen LogP contribution is -2.44. The smallest absolute Gasteiger partial charge is 0.325 e.